The topological polar surface area (TPSA) is 59.5 Å². The fraction of sp³-hybridized carbons (Fsp3) is 0.143. The largest absolute Gasteiger partial charge is 0.467 e. The maximum Gasteiger partial charge on any atom is 0.221 e. The Bertz CT molecular complexity index is 1040. The van der Waals surface area contributed by atoms with Gasteiger partial charge in [0.25, 0.3) is 0 Å². The molecule has 0 radical (unpaired) electrons. The maximum atomic E-state index is 12.6. The molecule has 1 unspecified atom stereocenters. The molecule has 1 aromatic carbocycles. The molecule has 27 heavy (non-hydrogen) atoms. The van der Waals surface area contributed by atoms with Gasteiger partial charge in [-0.25, -0.2) is 4.98 Å². The molecule has 0 bridgehead atoms. The van der Waals surface area contributed by atoms with Crippen molar-refractivity contribution in [3.63, 3.8) is 0 Å². The van der Waals surface area contributed by atoms with Crippen LogP contribution in [-0.2, 0) is 11.3 Å². The highest BCUT2D eigenvalue weighted by Crippen LogP contribution is 2.29. The molecule has 0 saturated heterocycles. The number of hydrogen-bond donors (Lipinski definition) is 1. The van der Waals surface area contributed by atoms with Gasteiger partial charge in [0.05, 0.1) is 23.5 Å². The molecule has 136 valence electrons. The second-order valence-electron chi connectivity index (χ2n) is 6.28. The summed E-state index contributed by atoms with van der Waals surface area (Å²) in [6.45, 7) is 0.367. The van der Waals surface area contributed by atoms with E-state index in [0.717, 1.165) is 22.7 Å². The number of halogens is 1. The third kappa shape index (κ3) is 3.88. The summed E-state index contributed by atoms with van der Waals surface area (Å²) in [7, 11) is 0. The normalized spacial score (nSPS) is 12.2. The molecule has 5 nitrogen and oxygen atoms in total. The van der Waals surface area contributed by atoms with Gasteiger partial charge in [0.15, 0.2) is 0 Å². The quantitative estimate of drug-likeness (QED) is 0.539. The Balaban J connectivity index is 1.63. The van der Waals surface area contributed by atoms with E-state index in [-0.39, 0.29) is 11.8 Å². The predicted molar refractivity (Wildman–Crippen MR) is 104 cm³/mol. The van der Waals surface area contributed by atoms with Crippen molar-refractivity contribution in [3.05, 3.63) is 95.3 Å². The molecule has 0 saturated carbocycles. The van der Waals surface area contributed by atoms with Gasteiger partial charge in [-0.1, -0.05) is 41.9 Å². The number of furan rings is 1. The lowest BCUT2D eigenvalue weighted by atomic mass is 9.92. The number of imidazole rings is 1. The van der Waals surface area contributed by atoms with E-state index in [1.165, 1.54) is 0 Å². The van der Waals surface area contributed by atoms with E-state index in [1.807, 2.05) is 59.3 Å². The molecular formula is C21H18ClN3O2. The summed E-state index contributed by atoms with van der Waals surface area (Å²) >= 11 is 6.17. The first-order chi connectivity index (χ1) is 13.2. The second kappa shape index (κ2) is 7.68. The third-order valence-electron chi connectivity index (χ3n) is 4.49. The van der Waals surface area contributed by atoms with Crippen molar-refractivity contribution >= 4 is 23.2 Å². The molecule has 0 aliphatic rings. The molecule has 3 heterocycles. The number of rotatable bonds is 6. The van der Waals surface area contributed by atoms with Crippen LogP contribution in [0.1, 0.15) is 29.4 Å². The number of nitrogens with zero attached hydrogens (tertiary/aromatic N) is 2. The molecule has 0 aliphatic carbocycles. The van der Waals surface area contributed by atoms with Crippen LogP contribution in [-0.4, -0.2) is 15.3 Å². The molecule has 1 N–H and O–H groups in total. The van der Waals surface area contributed by atoms with Gasteiger partial charge in [-0.05, 0) is 29.8 Å². The van der Waals surface area contributed by atoms with Crippen LogP contribution in [0.2, 0.25) is 5.02 Å². The lowest BCUT2D eigenvalue weighted by Gasteiger charge is -2.17. The summed E-state index contributed by atoms with van der Waals surface area (Å²) in [5, 5.41) is 3.54. The van der Waals surface area contributed by atoms with Crippen LogP contribution in [0.25, 0.3) is 5.65 Å². The SMILES string of the molecule is O=C(CC(c1ccccc1)c1cnc2ccc(Cl)cn12)NCc1ccco1. The molecule has 0 spiro atoms. The van der Waals surface area contributed by atoms with E-state index < -0.39 is 0 Å². The average molecular weight is 380 g/mol. The van der Waals surface area contributed by atoms with E-state index in [1.54, 1.807) is 18.4 Å². The van der Waals surface area contributed by atoms with Crippen molar-refractivity contribution < 1.29 is 9.21 Å². The first-order valence-corrected chi connectivity index (χ1v) is 9.05. The molecule has 0 fully saturated rings. The minimum Gasteiger partial charge on any atom is -0.467 e. The zero-order valence-corrected chi connectivity index (χ0v) is 15.3. The van der Waals surface area contributed by atoms with Crippen LogP contribution in [0.5, 0.6) is 0 Å². The standard InChI is InChI=1S/C21H18ClN3O2/c22-16-8-9-20-23-13-19(25(20)14-16)18(15-5-2-1-3-6-15)11-21(26)24-12-17-7-4-10-27-17/h1-10,13-14,18H,11-12H2,(H,24,26). The summed E-state index contributed by atoms with van der Waals surface area (Å²) in [6.07, 6.45) is 5.53. The molecule has 4 aromatic rings. The number of amides is 1. The van der Waals surface area contributed by atoms with Crippen LogP contribution in [0.3, 0.4) is 0 Å². The van der Waals surface area contributed by atoms with Crippen LogP contribution < -0.4 is 5.32 Å². The van der Waals surface area contributed by atoms with Crippen molar-refractivity contribution in [1.82, 2.24) is 14.7 Å². The Labute approximate surface area is 161 Å². The van der Waals surface area contributed by atoms with Crippen LogP contribution in [0, 0.1) is 0 Å². The predicted octanol–water partition coefficient (Wildman–Crippen LogP) is 4.42. The maximum absolute atomic E-state index is 12.6. The minimum absolute atomic E-state index is 0.0581. The number of nitrogens with one attached hydrogen (secondary N) is 1. The van der Waals surface area contributed by atoms with Gasteiger partial charge in [0.2, 0.25) is 5.91 Å². The summed E-state index contributed by atoms with van der Waals surface area (Å²) in [6, 6.07) is 17.3. The number of carbonyl (C=O) groups excluding carboxylic acids is 1. The lowest BCUT2D eigenvalue weighted by molar-refractivity contribution is -0.121. The van der Waals surface area contributed by atoms with E-state index in [0.29, 0.717) is 18.0 Å². The summed E-state index contributed by atoms with van der Waals surface area (Å²) in [5.41, 5.74) is 2.77. The lowest BCUT2D eigenvalue weighted by Crippen LogP contribution is -2.25. The van der Waals surface area contributed by atoms with Crippen molar-refractivity contribution in [2.45, 2.75) is 18.9 Å². The molecule has 4 rings (SSSR count). The smallest absolute Gasteiger partial charge is 0.221 e. The van der Waals surface area contributed by atoms with Crippen LogP contribution >= 0.6 is 11.6 Å². The van der Waals surface area contributed by atoms with Gasteiger partial charge >= 0.3 is 0 Å². The number of fused-ring (bicyclic) bond motifs is 1. The molecule has 3 aromatic heterocycles. The van der Waals surface area contributed by atoms with E-state index in [4.69, 9.17) is 16.0 Å². The Morgan fingerprint density at radius 1 is 1.15 bits per heavy atom. The number of benzene rings is 1. The monoisotopic (exact) mass is 379 g/mol. The van der Waals surface area contributed by atoms with Crippen molar-refractivity contribution in [2.24, 2.45) is 0 Å². The third-order valence-corrected chi connectivity index (χ3v) is 4.71. The number of pyridine rings is 1. The van der Waals surface area contributed by atoms with E-state index in [2.05, 4.69) is 10.3 Å². The van der Waals surface area contributed by atoms with Gasteiger partial charge in [-0.3, -0.25) is 4.79 Å². The first-order valence-electron chi connectivity index (χ1n) is 8.67. The van der Waals surface area contributed by atoms with E-state index in [9.17, 15) is 4.79 Å². The fourth-order valence-electron chi connectivity index (χ4n) is 3.17. The van der Waals surface area contributed by atoms with Gasteiger partial charge < -0.3 is 14.1 Å². The Hall–Kier alpha value is -3.05. The van der Waals surface area contributed by atoms with E-state index >= 15 is 0 Å². The fourth-order valence-corrected chi connectivity index (χ4v) is 3.33. The Morgan fingerprint density at radius 3 is 2.78 bits per heavy atom. The van der Waals surface area contributed by atoms with Gasteiger partial charge in [-0.15, -0.1) is 0 Å². The highest BCUT2D eigenvalue weighted by Gasteiger charge is 2.22. The summed E-state index contributed by atoms with van der Waals surface area (Å²) in [5.74, 6) is 0.523. The van der Waals surface area contributed by atoms with Crippen LogP contribution in [0.15, 0.2) is 77.7 Å². The number of hydrogen-bond acceptors (Lipinski definition) is 3. The average Bonchev–Trinajstić information content (AvgIpc) is 3.35. The van der Waals surface area contributed by atoms with Gasteiger partial charge in [-0.2, -0.15) is 0 Å². The number of aromatic nitrogens is 2. The minimum atomic E-state index is -0.142. The first kappa shape index (κ1) is 17.4. The van der Waals surface area contributed by atoms with Crippen molar-refractivity contribution in [2.75, 3.05) is 0 Å². The molecule has 6 heteroatoms. The zero-order valence-electron chi connectivity index (χ0n) is 14.5. The second-order valence-corrected chi connectivity index (χ2v) is 6.72. The van der Waals surface area contributed by atoms with Crippen LogP contribution in [0.4, 0.5) is 0 Å². The van der Waals surface area contributed by atoms with Gasteiger partial charge in [0, 0.05) is 24.7 Å². The molecule has 1 amide bonds. The van der Waals surface area contributed by atoms with Gasteiger partial charge in [0.1, 0.15) is 11.4 Å². The molecule has 1 atom stereocenters. The van der Waals surface area contributed by atoms with Crippen molar-refractivity contribution in [1.29, 1.82) is 0 Å². The highest BCUT2D eigenvalue weighted by molar-refractivity contribution is 6.30. The Morgan fingerprint density at radius 2 is 2.00 bits per heavy atom. The Kier molecular flexibility index (Phi) is 4.94. The summed E-state index contributed by atoms with van der Waals surface area (Å²) < 4.78 is 7.22. The summed E-state index contributed by atoms with van der Waals surface area (Å²) in [4.78, 5) is 17.1. The molecular weight excluding hydrogens is 362 g/mol. The number of carbonyl (C=O) groups is 1. The molecule has 0 aliphatic heterocycles. The van der Waals surface area contributed by atoms with Crippen molar-refractivity contribution in [3.8, 4) is 0 Å². The highest BCUT2D eigenvalue weighted by atomic mass is 35.5. The zero-order chi connectivity index (χ0) is 18.6.